The third-order valence-corrected chi connectivity index (χ3v) is 8.80. The maximum absolute atomic E-state index is 12.7. The Kier molecular flexibility index (Phi) is 4.83. The first kappa shape index (κ1) is 21.7. The summed E-state index contributed by atoms with van der Waals surface area (Å²) in [6.45, 7) is 3.23. The number of nitrogens with two attached hydrogens (primary N) is 1. The summed E-state index contributed by atoms with van der Waals surface area (Å²) in [5, 5.41) is 0. The molecule has 8 nitrogen and oxygen atoms in total. The number of nitrogens with zero attached hydrogens (tertiary/aromatic N) is 6. The molecule has 1 fully saturated rings. The van der Waals surface area contributed by atoms with Crippen LogP contribution in [0.15, 0.2) is 52.5 Å². The van der Waals surface area contributed by atoms with E-state index in [2.05, 4.69) is 34.1 Å². The summed E-state index contributed by atoms with van der Waals surface area (Å²) >= 11 is 0. The van der Waals surface area contributed by atoms with Crippen LogP contribution >= 0.6 is 0 Å². The zero-order valence-electron chi connectivity index (χ0n) is 20.7. The van der Waals surface area contributed by atoms with E-state index in [1.807, 2.05) is 18.5 Å². The lowest BCUT2D eigenvalue weighted by molar-refractivity contribution is 0.187. The maximum atomic E-state index is 12.7. The topological polar surface area (TPSA) is 92.6 Å². The van der Waals surface area contributed by atoms with Crippen LogP contribution in [-0.2, 0) is 26.4 Å². The Bertz CT molecular complexity index is 1450. The lowest BCUT2D eigenvalue weighted by Gasteiger charge is -2.42. The Morgan fingerprint density at radius 3 is 2.78 bits per heavy atom. The number of piperidine rings is 1. The number of fused-ring (bicyclic) bond motifs is 3. The van der Waals surface area contributed by atoms with Gasteiger partial charge in [-0.1, -0.05) is 24.3 Å². The first-order valence-corrected chi connectivity index (χ1v) is 13.0. The highest BCUT2D eigenvalue weighted by atomic mass is 16.1. The Hall–Kier alpha value is -3.52. The van der Waals surface area contributed by atoms with Gasteiger partial charge >= 0.3 is 0 Å². The van der Waals surface area contributed by atoms with Crippen molar-refractivity contribution in [2.24, 2.45) is 23.2 Å². The number of aliphatic imine (C=N–C) groups is 1. The number of benzene rings is 1. The average Bonchev–Trinajstić information content (AvgIpc) is 3.45. The predicted octanol–water partition coefficient (Wildman–Crippen LogP) is 2.73. The second-order valence-electron chi connectivity index (χ2n) is 10.7. The van der Waals surface area contributed by atoms with Gasteiger partial charge in [0.1, 0.15) is 11.5 Å². The number of aromatic nitrogens is 3. The summed E-state index contributed by atoms with van der Waals surface area (Å²) in [5.41, 5.74) is 13.3. The van der Waals surface area contributed by atoms with Crippen molar-refractivity contribution in [2.75, 3.05) is 29.4 Å². The first-order chi connectivity index (χ1) is 17.5. The van der Waals surface area contributed by atoms with Crippen molar-refractivity contribution in [1.29, 1.82) is 0 Å². The van der Waals surface area contributed by atoms with E-state index < -0.39 is 0 Å². The summed E-state index contributed by atoms with van der Waals surface area (Å²) in [6, 6.07) is 10.8. The Morgan fingerprint density at radius 2 is 1.94 bits per heavy atom. The summed E-state index contributed by atoms with van der Waals surface area (Å²) in [4.78, 5) is 31.9. The van der Waals surface area contributed by atoms with Gasteiger partial charge in [0, 0.05) is 44.5 Å². The van der Waals surface area contributed by atoms with Crippen LogP contribution in [0, 0.1) is 5.41 Å². The molecule has 1 aliphatic carbocycles. The lowest BCUT2D eigenvalue weighted by Crippen LogP contribution is -2.44. The van der Waals surface area contributed by atoms with E-state index in [1.54, 1.807) is 11.6 Å². The second kappa shape index (κ2) is 8.00. The van der Waals surface area contributed by atoms with Crippen LogP contribution in [0.4, 0.5) is 11.5 Å². The van der Waals surface area contributed by atoms with Gasteiger partial charge in [0.2, 0.25) is 0 Å². The maximum Gasteiger partial charge on any atom is 0.255 e. The number of pyridine rings is 1. The highest BCUT2D eigenvalue weighted by molar-refractivity contribution is 6.11. The standard InChI is InChI=1S/C28H31N7O/c1-33-12-8-22-20(27(33)36)7-4-11-35(22)26-24-21(16-31-26)32-23(17-30-24)34-13-9-28(10-14-34)15-18-5-2-3-6-19(18)25(28)29/h2-3,5-6,8,12,17,25H,4,7,9-11,13-16,29H2,1H3/t25-/m1/s1. The van der Waals surface area contributed by atoms with E-state index in [0.29, 0.717) is 6.54 Å². The largest absolute Gasteiger partial charge is 0.355 e. The van der Waals surface area contributed by atoms with Crippen molar-refractivity contribution in [2.45, 2.75) is 44.7 Å². The molecular weight excluding hydrogens is 450 g/mol. The van der Waals surface area contributed by atoms with E-state index in [1.165, 1.54) is 11.1 Å². The SMILES string of the molecule is Cn1ccc2c(c1=O)CCCN2C1=NCc2nc(N3CCC4(CC3)Cc3ccccc3[C@H]4N)cnc21. The number of hydrogen-bond donors (Lipinski definition) is 1. The monoisotopic (exact) mass is 481 g/mol. The smallest absolute Gasteiger partial charge is 0.255 e. The fraction of sp³-hybridized carbons (Fsp3) is 0.429. The van der Waals surface area contributed by atoms with Crippen LogP contribution in [0.5, 0.6) is 0 Å². The molecule has 0 radical (unpaired) electrons. The molecular formula is C28H31N7O. The Labute approximate surface area is 210 Å². The highest BCUT2D eigenvalue weighted by Gasteiger charge is 2.46. The molecule has 3 aliphatic heterocycles. The minimum Gasteiger partial charge on any atom is -0.355 e. The molecule has 3 aromatic rings. The van der Waals surface area contributed by atoms with Gasteiger partial charge in [-0.15, -0.1) is 0 Å². The fourth-order valence-corrected chi connectivity index (χ4v) is 6.71. The Morgan fingerprint density at radius 1 is 1.11 bits per heavy atom. The molecule has 8 heteroatoms. The number of anilines is 2. The molecule has 0 amide bonds. The van der Waals surface area contributed by atoms with Gasteiger partial charge in [-0.25, -0.2) is 9.97 Å². The van der Waals surface area contributed by atoms with Gasteiger partial charge in [0.05, 0.1) is 24.1 Å². The van der Waals surface area contributed by atoms with Gasteiger partial charge in [-0.05, 0) is 54.7 Å². The van der Waals surface area contributed by atoms with E-state index in [4.69, 9.17) is 20.7 Å². The number of rotatable bonds is 1. The second-order valence-corrected chi connectivity index (χ2v) is 10.7. The molecule has 1 saturated heterocycles. The van der Waals surface area contributed by atoms with Crippen LogP contribution in [0.25, 0.3) is 0 Å². The molecule has 7 rings (SSSR count). The fourth-order valence-electron chi connectivity index (χ4n) is 6.71. The zero-order valence-corrected chi connectivity index (χ0v) is 20.7. The molecule has 0 saturated carbocycles. The van der Waals surface area contributed by atoms with E-state index in [9.17, 15) is 4.79 Å². The van der Waals surface area contributed by atoms with Crippen LogP contribution in [0.1, 0.15) is 53.4 Å². The van der Waals surface area contributed by atoms with Gasteiger partial charge in [-0.2, -0.15) is 0 Å². The molecule has 184 valence electrons. The van der Waals surface area contributed by atoms with Crippen LogP contribution < -0.4 is 21.1 Å². The normalized spacial score (nSPS) is 21.8. The van der Waals surface area contributed by atoms with E-state index in [-0.39, 0.29) is 17.0 Å². The zero-order chi connectivity index (χ0) is 24.4. The number of hydrogen-bond acceptors (Lipinski definition) is 7. The average molecular weight is 482 g/mol. The summed E-state index contributed by atoms with van der Waals surface area (Å²) in [6.07, 6.45) is 8.65. The molecule has 2 aromatic heterocycles. The van der Waals surface area contributed by atoms with Gasteiger partial charge < -0.3 is 20.1 Å². The van der Waals surface area contributed by atoms with Gasteiger partial charge in [0.25, 0.3) is 5.56 Å². The van der Waals surface area contributed by atoms with Gasteiger partial charge in [-0.3, -0.25) is 9.79 Å². The van der Waals surface area contributed by atoms with Crippen LogP contribution in [-0.4, -0.2) is 40.0 Å². The highest BCUT2D eigenvalue weighted by Crippen LogP contribution is 2.50. The van der Waals surface area contributed by atoms with Crippen molar-refractivity contribution in [3.8, 4) is 0 Å². The third kappa shape index (κ3) is 3.17. The third-order valence-electron chi connectivity index (χ3n) is 8.80. The number of aryl methyl sites for hydroxylation is 1. The predicted molar refractivity (Wildman–Crippen MR) is 141 cm³/mol. The van der Waals surface area contributed by atoms with Crippen molar-refractivity contribution < 1.29 is 0 Å². The molecule has 0 bridgehead atoms. The summed E-state index contributed by atoms with van der Waals surface area (Å²) < 4.78 is 1.65. The molecule has 0 unspecified atom stereocenters. The van der Waals surface area contributed by atoms with Crippen LogP contribution in [0.2, 0.25) is 0 Å². The molecule has 36 heavy (non-hydrogen) atoms. The minimum absolute atomic E-state index is 0.0744. The minimum atomic E-state index is 0.0744. The van der Waals surface area contributed by atoms with Crippen LogP contribution in [0.3, 0.4) is 0 Å². The van der Waals surface area contributed by atoms with Crippen molar-refractivity contribution in [3.63, 3.8) is 0 Å². The molecule has 4 aliphatic rings. The molecule has 2 N–H and O–H groups in total. The quantitative estimate of drug-likeness (QED) is 0.575. The van der Waals surface area contributed by atoms with Crippen molar-refractivity contribution in [3.05, 3.63) is 81.2 Å². The van der Waals surface area contributed by atoms with E-state index >= 15 is 0 Å². The van der Waals surface area contributed by atoms with E-state index in [0.717, 1.165) is 86.0 Å². The van der Waals surface area contributed by atoms with Crippen molar-refractivity contribution >= 4 is 17.3 Å². The molecule has 1 aromatic carbocycles. The molecule has 1 spiro atoms. The molecule has 1 atom stereocenters. The van der Waals surface area contributed by atoms with Gasteiger partial charge in [0.15, 0.2) is 5.84 Å². The molecule has 5 heterocycles. The first-order valence-electron chi connectivity index (χ1n) is 13.0. The number of amidine groups is 1. The summed E-state index contributed by atoms with van der Waals surface area (Å²) in [5.74, 6) is 1.77. The lowest BCUT2D eigenvalue weighted by atomic mass is 9.73. The Balaban J connectivity index is 1.10. The summed E-state index contributed by atoms with van der Waals surface area (Å²) in [7, 11) is 1.80. The van der Waals surface area contributed by atoms with Crippen molar-refractivity contribution in [1.82, 2.24) is 14.5 Å².